The Bertz CT molecular complexity index is 1020. The number of rotatable bonds is 3. The van der Waals surface area contributed by atoms with Crippen LogP contribution in [-0.4, -0.2) is 23.2 Å². The number of hydrogen-bond acceptors (Lipinski definition) is 5. The van der Waals surface area contributed by atoms with Crippen LogP contribution in [-0.2, 0) is 20.0 Å². The van der Waals surface area contributed by atoms with E-state index < -0.39 is 20.0 Å². The lowest BCUT2D eigenvalue weighted by molar-refractivity contribution is 0.597. The molecule has 0 aromatic heterocycles. The molecule has 0 amide bonds. The molecule has 0 saturated heterocycles. The maximum absolute atomic E-state index is 12.4. The van der Waals surface area contributed by atoms with E-state index in [1.165, 1.54) is 24.3 Å². The van der Waals surface area contributed by atoms with Gasteiger partial charge in [-0.2, -0.15) is 8.42 Å². The molecule has 1 heterocycles. The van der Waals surface area contributed by atoms with E-state index >= 15 is 0 Å². The summed E-state index contributed by atoms with van der Waals surface area (Å²) in [6.07, 6.45) is 1.04. The molecule has 2 N–H and O–H groups in total. The summed E-state index contributed by atoms with van der Waals surface area (Å²) in [6, 6.07) is 9.90. The predicted octanol–water partition coefficient (Wildman–Crippen LogP) is 2.28. The Hall–Kier alpha value is -2.10. The lowest BCUT2D eigenvalue weighted by atomic mass is 10.3. The highest BCUT2D eigenvalue weighted by atomic mass is 35.5. The third-order valence-electron chi connectivity index (χ3n) is 3.03. The number of nitrogens with one attached hydrogen (secondary N) is 2. The van der Waals surface area contributed by atoms with Gasteiger partial charge in [-0.05, 0) is 36.4 Å². The average molecular weight is 372 g/mol. The Morgan fingerprint density at radius 2 is 1.91 bits per heavy atom. The van der Waals surface area contributed by atoms with Gasteiger partial charge in [0.15, 0.2) is 0 Å². The summed E-state index contributed by atoms with van der Waals surface area (Å²) in [5, 5.41) is 3.02. The number of sulfonamides is 2. The number of anilines is 2. The molecule has 0 fully saturated rings. The molecule has 1 aliphatic rings. The van der Waals surface area contributed by atoms with Crippen LogP contribution in [0.5, 0.6) is 0 Å². The zero-order valence-electron chi connectivity index (χ0n) is 11.4. The van der Waals surface area contributed by atoms with Gasteiger partial charge in [0.2, 0.25) is 0 Å². The van der Waals surface area contributed by atoms with E-state index in [0.717, 1.165) is 12.4 Å². The second-order valence-electron chi connectivity index (χ2n) is 4.63. The van der Waals surface area contributed by atoms with E-state index in [-0.39, 0.29) is 21.2 Å². The van der Waals surface area contributed by atoms with Gasteiger partial charge >= 0.3 is 0 Å². The van der Waals surface area contributed by atoms with Crippen LogP contribution < -0.4 is 10.0 Å². The zero-order chi connectivity index (χ0) is 16.7. The largest absolute Gasteiger partial charge is 0.345 e. The Labute approximate surface area is 138 Å². The summed E-state index contributed by atoms with van der Waals surface area (Å²) in [4.78, 5) is -0.396. The molecule has 0 unspecified atom stereocenters. The number of hydrogen-bond donors (Lipinski definition) is 2. The second kappa shape index (κ2) is 5.52. The highest BCUT2D eigenvalue weighted by Crippen LogP contribution is 2.29. The van der Waals surface area contributed by atoms with Gasteiger partial charge in [-0.3, -0.25) is 4.72 Å². The van der Waals surface area contributed by atoms with Gasteiger partial charge in [-0.1, -0.05) is 17.7 Å². The molecule has 2 aromatic rings. The molecule has 0 bridgehead atoms. The standard InChI is InChI=1S/C13H10ClN3O4S2/c14-9-2-1-3-10(6-9)17-22(18,19)11-4-5-12-13(7-11)23(20,21)16-8-15-12/h1-8,17H,(H,15,16). The first-order valence-corrected chi connectivity index (χ1v) is 9.56. The molecule has 2 aromatic carbocycles. The maximum Gasteiger partial charge on any atom is 0.285 e. The minimum Gasteiger partial charge on any atom is -0.345 e. The van der Waals surface area contributed by atoms with E-state index in [0.29, 0.717) is 5.02 Å². The van der Waals surface area contributed by atoms with E-state index in [9.17, 15) is 16.8 Å². The molecule has 0 aliphatic carbocycles. The lowest BCUT2D eigenvalue weighted by Crippen LogP contribution is -2.16. The van der Waals surface area contributed by atoms with Crippen molar-refractivity contribution in [3.63, 3.8) is 0 Å². The van der Waals surface area contributed by atoms with Crippen LogP contribution >= 0.6 is 11.6 Å². The summed E-state index contributed by atoms with van der Waals surface area (Å²) in [5.41, 5.74) is 0.538. The molecule has 0 spiro atoms. The van der Waals surface area contributed by atoms with Crippen LogP contribution in [0, 0.1) is 0 Å². The van der Waals surface area contributed by atoms with Gasteiger partial charge in [0.25, 0.3) is 20.0 Å². The molecule has 0 radical (unpaired) electrons. The molecule has 0 atom stereocenters. The van der Waals surface area contributed by atoms with Crippen LogP contribution in [0.2, 0.25) is 5.02 Å². The van der Waals surface area contributed by atoms with Crippen molar-refractivity contribution in [1.82, 2.24) is 0 Å². The first-order chi connectivity index (χ1) is 10.8. The first-order valence-electron chi connectivity index (χ1n) is 6.26. The summed E-state index contributed by atoms with van der Waals surface area (Å²) in [5.74, 6) is 0. The smallest absolute Gasteiger partial charge is 0.285 e. The lowest BCUT2D eigenvalue weighted by Gasteiger charge is -2.14. The molecule has 0 saturated carbocycles. The van der Waals surface area contributed by atoms with Crippen molar-refractivity contribution in [2.24, 2.45) is 4.40 Å². The summed E-state index contributed by atoms with van der Waals surface area (Å²) in [6.45, 7) is 0. The second-order valence-corrected chi connectivity index (χ2v) is 8.35. The van der Waals surface area contributed by atoms with Gasteiger partial charge in [0.05, 0.1) is 16.3 Å². The van der Waals surface area contributed by atoms with Crippen molar-refractivity contribution < 1.29 is 16.8 Å². The highest BCUT2D eigenvalue weighted by Gasteiger charge is 2.24. The zero-order valence-corrected chi connectivity index (χ0v) is 13.8. The van der Waals surface area contributed by atoms with Gasteiger partial charge < -0.3 is 5.32 Å². The first kappa shape index (κ1) is 15.8. The van der Waals surface area contributed by atoms with Crippen molar-refractivity contribution in [2.45, 2.75) is 9.79 Å². The number of nitrogens with zero attached hydrogens (tertiary/aromatic N) is 1. The van der Waals surface area contributed by atoms with Gasteiger partial charge in [0.1, 0.15) is 11.2 Å². The fourth-order valence-corrected chi connectivity index (χ4v) is 4.32. The Morgan fingerprint density at radius 1 is 1.13 bits per heavy atom. The minimum absolute atomic E-state index is 0.196. The highest BCUT2D eigenvalue weighted by molar-refractivity contribution is 7.93. The number of halogens is 1. The van der Waals surface area contributed by atoms with Crippen molar-refractivity contribution >= 4 is 49.4 Å². The van der Waals surface area contributed by atoms with Gasteiger partial charge in [-0.15, -0.1) is 4.40 Å². The van der Waals surface area contributed by atoms with E-state index in [1.54, 1.807) is 12.1 Å². The molecule has 10 heteroatoms. The maximum atomic E-state index is 12.4. The average Bonchev–Trinajstić information content (AvgIpc) is 2.46. The Kier molecular flexibility index (Phi) is 3.78. The molecule has 120 valence electrons. The minimum atomic E-state index is -3.97. The van der Waals surface area contributed by atoms with Crippen LogP contribution in [0.25, 0.3) is 0 Å². The van der Waals surface area contributed by atoms with Crippen molar-refractivity contribution in [1.29, 1.82) is 0 Å². The van der Waals surface area contributed by atoms with Crippen molar-refractivity contribution in [2.75, 3.05) is 10.0 Å². The molecule has 23 heavy (non-hydrogen) atoms. The quantitative estimate of drug-likeness (QED) is 0.861. The molecule has 7 nitrogen and oxygen atoms in total. The van der Waals surface area contributed by atoms with Gasteiger partial charge in [-0.25, -0.2) is 8.42 Å². The fraction of sp³-hybridized carbons (Fsp3) is 0. The molecular formula is C13H10ClN3O4S2. The number of benzene rings is 2. The number of fused-ring (bicyclic) bond motifs is 1. The van der Waals surface area contributed by atoms with Crippen LogP contribution in [0.15, 0.2) is 56.7 Å². The third kappa shape index (κ3) is 3.16. The summed E-state index contributed by atoms with van der Waals surface area (Å²) >= 11 is 5.81. The van der Waals surface area contributed by atoms with Gasteiger partial charge in [0, 0.05) is 5.02 Å². The molecule has 3 rings (SSSR count). The third-order valence-corrected chi connectivity index (χ3v) is 5.92. The molecule has 1 aliphatic heterocycles. The van der Waals surface area contributed by atoms with Crippen molar-refractivity contribution in [3.8, 4) is 0 Å². The predicted molar refractivity (Wildman–Crippen MR) is 88.0 cm³/mol. The topological polar surface area (TPSA) is 105 Å². The fourth-order valence-electron chi connectivity index (χ4n) is 1.99. The van der Waals surface area contributed by atoms with E-state index in [2.05, 4.69) is 14.4 Å². The van der Waals surface area contributed by atoms with Crippen molar-refractivity contribution in [3.05, 3.63) is 47.5 Å². The summed E-state index contributed by atoms with van der Waals surface area (Å²) < 4.78 is 54.2. The van der Waals surface area contributed by atoms with Crippen LogP contribution in [0.1, 0.15) is 0 Å². The monoisotopic (exact) mass is 371 g/mol. The van der Waals surface area contributed by atoms with Crippen LogP contribution in [0.3, 0.4) is 0 Å². The Morgan fingerprint density at radius 3 is 2.65 bits per heavy atom. The van der Waals surface area contributed by atoms with Crippen LogP contribution in [0.4, 0.5) is 11.4 Å². The van der Waals surface area contributed by atoms with E-state index in [1.807, 2.05) is 0 Å². The summed E-state index contributed by atoms with van der Waals surface area (Å²) in [7, 11) is -7.88. The molecular weight excluding hydrogens is 362 g/mol. The normalized spacial score (nSPS) is 15.5. The SMILES string of the molecule is O=S1(=O)N=CNc2ccc(S(=O)(=O)Nc3cccc(Cl)c3)cc21. The Balaban J connectivity index is 2.02. The van der Waals surface area contributed by atoms with E-state index in [4.69, 9.17) is 11.6 Å².